The lowest BCUT2D eigenvalue weighted by atomic mass is 10.1. The highest BCUT2D eigenvalue weighted by molar-refractivity contribution is 9.10. The van der Waals surface area contributed by atoms with Crippen molar-refractivity contribution in [2.75, 3.05) is 0 Å². The summed E-state index contributed by atoms with van der Waals surface area (Å²) < 4.78 is 0.981. The first-order chi connectivity index (χ1) is 8.70. The van der Waals surface area contributed by atoms with Crippen molar-refractivity contribution >= 4 is 33.6 Å². The smallest absolute Gasteiger partial charge is 0.265 e. The molecule has 0 spiro atoms. The van der Waals surface area contributed by atoms with Crippen molar-refractivity contribution in [3.05, 3.63) is 33.8 Å². The molecule has 0 aliphatic heterocycles. The van der Waals surface area contributed by atoms with Gasteiger partial charge in [-0.15, -0.1) is 0 Å². The van der Waals surface area contributed by atoms with Crippen LogP contribution in [-0.4, -0.2) is 11.2 Å². The Morgan fingerprint density at radius 2 is 2.17 bits per heavy atom. The van der Waals surface area contributed by atoms with Crippen molar-refractivity contribution in [3.8, 4) is 0 Å². The maximum atomic E-state index is 11.4. The molecule has 1 saturated carbocycles. The molecule has 1 fully saturated rings. The maximum Gasteiger partial charge on any atom is 0.265 e. The third-order valence-corrected chi connectivity index (χ3v) is 5.38. The standard InChI is InChI=1S/C13H17BrN2OS/c14-12-7-9(13(17)16-15)5-6-10(12)8-18-11-3-1-2-4-11/h5-7,11H,1-4,8,15H2,(H,16,17). The summed E-state index contributed by atoms with van der Waals surface area (Å²) in [6.07, 6.45) is 5.43. The van der Waals surface area contributed by atoms with Gasteiger partial charge in [-0.2, -0.15) is 11.8 Å². The Kier molecular flexibility index (Phi) is 5.09. The normalized spacial score (nSPS) is 15.9. The molecule has 1 aliphatic carbocycles. The fourth-order valence-electron chi connectivity index (χ4n) is 2.15. The molecule has 1 aromatic carbocycles. The summed E-state index contributed by atoms with van der Waals surface area (Å²) >= 11 is 5.54. The lowest BCUT2D eigenvalue weighted by Gasteiger charge is -2.10. The fraction of sp³-hybridized carbons (Fsp3) is 0.462. The van der Waals surface area contributed by atoms with Gasteiger partial charge in [0.2, 0.25) is 0 Å². The van der Waals surface area contributed by atoms with E-state index >= 15 is 0 Å². The van der Waals surface area contributed by atoms with Gasteiger partial charge in [0.05, 0.1) is 0 Å². The number of hydrogen-bond acceptors (Lipinski definition) is 3. The Hall–Kier alpha value is -0.520. The number of nitrogens with one attached hydrogen (secondary N) is 1. The molecule has 98 valence electrons. The van der Waals surface area contributed by atoms with Gasteiger partial charge in [0.1, 0.15) is 0 Å². The molecule has 5 heteroatoms. The molecular formula is C13H17BrN2OS. The van der Waals surface area contributed by atoms with Crippen LogP contribution in [0.3, 0.4) is 0 Å². The number of halogens is 1. The predicted molar refractivity (Wildman–Crippen MR) is 79.3 cm³/mol. The second-order valence-electron chi connectivity index (χ2n) is 4.50. The summed E-state index contributed by atoms with van der Waals surface area (Å²) in [5.41, 5.74) is 3.96. The molecule has 1 amide bonds. The summed E-state index contributed by atoms with van der Waals surface area (Å²) in [6.45, 7) is 0. The van der Waals surface area contributed by atoms with Gasteiger partial charge in [-0.3, -0.25) is 10.2 Å². The summed E-state index contributed by atoms with van der Waals surface area (Å²) in [5.74, 6) is 5.85. The Morgan fingerprint density at radius 1 is 1.44 bits per heavy atom. The van der Waals surface area contributed by atoms with Gasteiger partial charge in [-0.05, 0) is 30.5 Å². The van der Waals surface area contributed by atoms with E-state index < -0.39 is 0 Å². The molecule has 1 aliphatic rings. The minimum atomic E-state index is -0.259. The first kappa shape index (κ1) is 13.9. The van der Waals surface area contributed by atoms with Crippen LogP contribution in [0, 0.1) is 0 Å². The molecule has 0 unspecified atom stereocenters. The number of amides is 1. The van der Waals surface area contributed by atoms with Crippen LogP contribution in [0.25, 0.3) is 0 Å². The zero-order chi connectivity index (χ0) is 13.0. The average Bonchev–Trinajstić information content (AvgIpc) is 2.89. The maximum absolute atomic E-state index is 11.4. The van der Waals surface area contributed by atoms with Gasteiger partial charge >= 0.3 is 0 Å². The van der Waals surface area contributed by atoms with Crippen molar-refractivity contribution in [2.24, 2.45) is 5.84 Å². The Bertz CT molecular complexity index is 433. The fourth-order valence-corrected chi connectivity index (χ4v) is 4.19. The van der Waals surface area contributed by atoms with Crippen molar-refractivity contribution < 1.29 is 4.79 Å². The van der Waals surface area contributed by atoms with Gasteiger partial charge in [-0.25, -0.2) is 5.84 Å². The van der Waals surface area contributed by atoms with Crippen molar-refractivity contribution in [2.45, 2.75) is 36.7 Å². The molecular weight excluding hydrogens is 312 g/mol. The van der Waals surface area contributed by atoms with Gasteiger partial charge in [0.25, 0.3) is 5.91 Å². The lowest BCUT2D eigenvalue weighted by molar-refractivity contribution is 0.0953. The first-order valence-electron chi connectivity index (χ1n) is 6.11. The van der Waals surface area contributed by atoms with Crippen LogP contribution in [0.4, 0.5) is 0 Å². The van der Waals surface area contributed by atoms with E-state index in [4.69, 9.17) is 5.84 Å². The molecule has 0 bridgehead atoms. The zero-order valence-electron chi connectivity index (χ0n) is 10.1. The van der Waals surface area contributed by atoms with E-state index in [9.17, 15) is 4.79 Å². The van der Waals surface area contributed by atoms with Crippen LogP contribution in [-0.2, 0) is 5.75 Å². The molecule has 0 saturated heterocycles. The van der Waals surface area contributed by atoms with E-state index in [1.807, 2.05) is 30.0 Å². The number of thioether (sulfide) groups is 1. The third-order valence-electron chi connectivity index (χ3n) is 3.22. The summed E-state index contributed by atoms with van der Waals surface area (Å²) in [4.78, 5) is 11.4. The molecule has 18 heavy (non-hydrogen) atoms. The number of hydrogen-bond donors (Lipinski definition) is 2. The molecule has 0 atom stereocenters. The first-order valence-corrected chi connectivity index (χ1v) is 7.96. The third kappa shape index (κ3) is 3.49. The van der Waals surface area contributed by atoms with Gasteiger partial charge in [0.15, 0.2) is 0 Å². The van der Waals surface area contributed by atoms with Crippen molar-refractivity contribution in [1.29, 1.82) is 0 Å². The molecule has 1 aromatic rings. The van der Waals surface area contributed by atoms with Crippen molar-refractivity contribution in [1.82, 2.24) is 5.43 Å². The van der Waals surface area contributed by atoms with Crippen LogP contribution < -0.4 is 11.3 Å². The zero-order valence-corrected chi connectivity index (χ0v) is 12.5. The van der Waals surface area contributed by atoms with E-state index in [2.05, 4.69) is 21.4 Å². The monoisotopic (exact) mass is 328 g/mol. The largest absolute Gasteiger partial charge is 0.290 e. The van der Waals surface area contributed by atoms with E-state index in [0.717, 1.165) is 15.5 Å². The van der Waals surface area contributed by atoms with E-state index in [1.54, 1.807) is 0 Å². The molecule has 0 heterocycles. The number of carbonyl (C=O) groups excluding carboxylic acids is 1. The van der Waals surface area contributed by atoms with E-state index in [0.29, 0.717) is 5.56 Å². The quantitative estimate of drug-likeness (QED) is 0.507. The molecule has 0 radical (unpaired) electrons. The molecule has 0 aromatic heterocycles. The molecule has 3 N–H and O–H groups in total. The number of benzene rings is 1. The number of nitrogen functional groups attached to an aromatic ring is 1. The average molecular weight is 329 g/mol. The second kappa shape index (κ2) is 6.59. The number of rotatable bonds is 4. The summed E-state index contributed by atoms with van der Waals surface area (Å²) in [5, 5.41) is 0.809. The van der Waals surface area contributed by atoms with Crippen LogP contribution in [0.2, 0.25) is 0 Å². The highest BCUT2D eigenvalue weighted by Crippen LogP contribution is 2.33. The topological polar surface area (TPSA) is 55.1 Å². The SMILES string of the molecule is NNC(=O)c1ccc(CSC2CCCC2)c(Br)c1. The number of carbonyl (C=O) groups is 1. The Morgan fingerprint density at radius 3 is 2.78 bits per heavy atom. The summed E-state index contributed by atoms with van der Waals surface area (Å²) in [6, 6.07) is 5.64. The second-order valence-corrected chi connectivity index (χ2v) is 6.64. The van der Waals surface area contributed by atoms with E-state index in [1.165, 1.54) is 31.2 Å². The van der Waals surface area contributed by atoms with Crippen LogP contribution >= 0.6 is 27.7 Å². The Balaban J connectivity index is 1.98. The highest BCUT2D eigenvalue weighted by atomic mass is 79.9. The highest BCUT2D eigenvalue weighted by Gasteiger charge is 2.16. The number of hydrazine groups is 1. The minimum absolute atomic E-state index is 0.259. The summed E-state index contributed by atoms with van der Waals surface area (Å²) in [7, 11) is 0. The van der Waals surface area contributed by atoms with Crippen molar-refractivity contribution in [3.63, 3.8) is 0 Å². The van der Waals surface area contributed by atoms with Crippen LogP contribution in [0.1, 0.15) is 41.6 Å². The van der Waals surface area contributed by atoms with Gasteiger partial charge < -0.3 is 0 Å². The minimum Gasteiger partial charge on any atom is -0.290 e. The molecule has 2 rings (SSSR count). The number of nitrogens with two attached hydrogens (primary N) is 1. The van der Waals surface area contributed by atoms with E-state index in [-0.39, 0.29) is 5.91 Å². The van der Waals surface area contributed by atoms with Gasteiger partial charge in [0, 0.05) is 21.0 Å². The van der Waals surface area contributed by atoms with Crippen LogP contribution in [0.5, 0.6) is 0 Å². The Labute approximate surface area is 120 Å². The van der Waals surface area contributed by atoms with Gasteiger partial charge in [-0.1, -0.05) is 34.8 Å². The van der Waals surface area contributed by atoms with Crippen LogP contribution in [0.15, 0.2) is 22.7 Å². The molecule has 3 nitrogen and oxygen atoms in total. The predicted octanol–water partition coefficient (Wildman–Crippen LogP) is 3.23. The lowest BCUT2D eigenvalue weighted by Crippen LogP contribution is -2.29.